The van der Waals surface area contributed by atoms with Crippen LogP contribution in [0, 0.1) is 5.82 Å². The third-order valence-corrected chi connectivity index (χ3v) is 5.60. The van der Waals surface area contributed by atoms with Gasteiger partial charge in [0, 0.05) is 50.5 Å². The summed E-state index contributed by atoms with van der Waals surface area (Å²) in [5, 5.41) is 2.98. The summed E-state index contributed by atoms with van der Waals surface area (Å²) in [5.41, 5.74) is 1.75. The highest BCUT2D eigenvalue weighted by Crippen LogP contribution is 2.23. The maximum absolute atomic E-state index is 13.1. The van der Waals surface area contributed by atoms with Gasteiger partial charge in [-0.15, -0.1) is 0 Å². The number of anilines is 2. The molecule has 4 rings (SSSR count). The molecule has 2 aromatic carbocycles. The van der Waals surface area contributed by atoms with E-state index in [0.717, 1.165) is 24.5 Å². The van der Waals surface area contributed by atoms with Gasteiger partial charge in [0.15, 0.2) is 0 Å². The summed E-state index contributed by atoms with van der Waals surface area (Å²) >= 11 is 0. The number of hydrogen-bond acceptors (Lipinski definition) is 4. The molecule has 7 nitrogen and oxygen atoms in total. The lowest BCUT2D eigenvalue weighted by atomic mass is 10.2. The number of carbonyl (C=O) groups excluding carboxylic acids is 2. The summed E-state index contributed by atoms with van der Waals surface area (Å²) in [6.07, 6.45) is 0.245. The highest BCUT2D eigenvalue weighted by Gasteiger charge is 2.33. The van der Waals surface area contributed by atoms with E-state index in [1.165, 1.54) is 12.1 Å². The zero-order valence-corrected chi connectivity index (χ0v) is 16.9. The van der Waals surface area contributed by atoms with E-state index in [9.17, 15) is 14.0 Å². The summed E-state index contributed by atoms with van der Waals surface area (Å²) < 4.78 is 18.3. The molecule has 158 valence electrons. The molecule has 8 heteroatoms. The summed E-state index contributed by atoms with van der Waals surface area (Å²) in [6, 6.07) is 13.3. The van der Waals surface area contributed by atoms with E-state index in [4.69, 9.17) is 4.74 Å². The van der Waals surface area contributed by atoms with Gasteiger partial charge in [-0.05, 0) is 48.5 Å². The number of benzene rings is 2. The van der Waals surface area contributed by atoms with Gasteiger partial charge in [0.2, 0.25) is 5.91 Å². The van der Waals surface area contributed by atoms with Crippen LogP contribution < -0.4 is 19.9 Å². The van der Waals surface area contributed by atoms with Crippen LogP contribution >= 0.6 is 0 Å². The monoisotopic (exact) mass is 412 g/mol. The number of amides is 3. The van der Waals surface area contributed by atoms with E-state index >= 15 is 0 Å². The molecule has 0 bridgehead atoms. The summed E-state index contributed by atoms with van der Waals surface area (Å²) in [5.74, 6) is 0.401. The Morgan fingerprint density at radius 2 is 1.63 bits per heavy atom. The van der Waals surface area contributed by atoms with E-state index < -0.39 is 0 Å². The topological polar surface area (TPSA) is 65.1 Å². The Balaban J connectivity index is 1.28. The van der Waals surface area contributed by atoms with Crippen molar-refractivity contribution in [2.45, 2.75) is 12.5 Å². The first-order valence-electron chi connectivity index (χ1n) is 10.0. The summed E-state index contributed by atoms with van der Waals surface area (Å²) in [6.45, 7) is 3.10. The van der Waals surface area contributed by atoms with Crippen LogP contribution in [0.1, 0.15) is 6.42 Å². The normalized spacial score (nSPS) is 19.2. The first-order valence-corrected chi connectivity index (χ1v) is 10.0. The van der Waals surface area contributed by atoms with Gasteiger partial charge < -0.3 is 24.8 Å². The molecule has 0 unspecified atom stereocenters. The summed E-state index contributed by atoms with van der Waals surface area (Å²) in [4.78, 5) is 30.6. The Labute approximate surface area is 175 Å². The average Bonchev–Trinajstić information content (AvgIpc) is 3.14. The zero-order chi connectivity index (χ0) is 21.1. The Bertz CT molecular complexity index is 896. The van der Waals surface area contributed by atoms with Crippen LogP contribution in [0.4, 0.5) is 20.6 Å². The van der Waals surface area contributed by atoms with Crippen LogP contribution in [0.5, 0.6) is 5.75 Å². The number of ether oxygens (including phenoxy) is 1. The van der Waals surface area contributed by atoms with Crippen LogP contribution in [0.3, 0.4) is 0 Å². The molecule has 30 heavy (non-hydrogen) atoms. The van der Waals surface area contributed by atoms with Crippen LogP contribution in [0.25, 0.3) is 0 Å². The Hall–Kier alpha value is -3.29. The van der Waals surface area contributed by atoms with E-state index in [1.54, 1.807) is 29.0 Å². The lowest BCUT2D eigenvalue weighted by Crippen LogP contribution is -2.53. The predicted molar refractivity (Wildman–Crippen MR) is 112 cm³/mol. The molecule has 1 N–H and O–H groups in total. The molecule has 2 aliphatic rings. The third-order valence-electron chi connectivity index (χ3n) is 5.60. The molecule has 0 aliphatic carbocycles. The van der Waals surface area contributed by atoms with Crippen LogP contribution in [0.2, 0.25) is 0 Å². The minimum absolute atomic E-state index is 0.0729. The van der Waals surface area contributed by atoms with Gasteiger partial charge in [0.25, 0.3) is 0 Å². The second-order valence-corrected chi connectivity index (χ2v) is 7.50. The van der Waals surface area contributed by atoms with E-state index in [2.05, 4.69) is 10.2 Å². The molecule has 2 heterocycles. The Kier molecular flexibility index (Phi) is 5.74. The molecule has 0 saturated carbocycles. The number of piperazine rings is 1. The number of nitrogens with zero attached hydrogens (tertiary/aromatic N) is 3. The van der Waals surface area contributed by atoms with Gasteiger partial charge in [-0.2, -0.15) is 0 Å². The van der Waals surface area contributed by atoms with Crippen molar-refractivity contribution in [3.8, 4) is 5.75 Å². The quantitative estimate of drug-likeness (QED) is 0.838. The number of nitrogens with one attached hydrogen (secondary N) is 1. The summed E-state index contributed by atoms with van der Waals surface area (Å²) in [7, 11) is 1.64. The van der Waals surface area contributed by atoms with Gasteiger partial charge in [-0.25, -0.2) is 9.18 Å². The van der Waals surface area contributed by atoms with E-state index in [0.29, 0.717) is 25.3 Å². The minimum atomic E-state index is -0.343. The first kappa shape index (κ1) is 20.0. The van der Waals surface area contributed by atoms with Gasteiger partial charge in [-0.3, -0.25) is 4.79 Å². The number of urea groups is 1. The van der Waals surface area contributed by atoms with Gasteiger partial charge >= 0.3 is 6.03 Å². The van der Waals surface area contributed by atoms with Crippen molar-refractivity contribution in [2.24, 2.45) is 0 Å². The van der Waals surface area contributed by atoms with Crippen molar-refractivity contribution in [1.82, 2.24) is 10.2 Å². The Morgan fingerprint density at radius 1 is 1.00 bits per heavy atom. The fourth-order valence-corrected chi connectivity index (χ4v) is 3.90. The first-order chi connectivity index (χ1) is 14.5. The molecule has 2 saturated heterocycles. The Morgan fingerprint density at radius 3 is 2.27 bits per heavy atom. The maximum Gasteiger partial charge on any atom is 0.317 e. The van der Waals surface area contributed by atoms with Crippen molar-refractivity contribution in [3.05, 3.63) is 54.3 Å². The van der Waals surface area contributed by atoms with Crippen molar-refractivity contribution in [3.63, 3.8) is 0 Å². The minimum Gasteiger partial charge on any atom is -0.497 e. The van der Waals surface area contributed by atoms with Crippen molar-refractivity contribution >= 4 is 23.3 Å². The fourth-order valence-electron chi connectivity index (χ4n) is 3.90. The molecule has 1 atom stereocenters. The number of methoxy groups -OCH3 is 1. The molecule has 0 radical (unpaired) electrons. The number of halogens is 1. The molecule has 0 aromatic heterocycles. The maximum atomic E-state index is 13.1. The smallest absolute Gasteiger partial charge is 0.317 e. The van der Waals surface area contributed by atoms with Crippen molar-refractivity contribution in [1.29, 1.82) is 0 Å². The van der Waals surface area contributed by atoms with Gasteiger partial charge in [0.1, 0.15) is 11.6 Å². The highest BCUT2D eigenvalue weighted by atomic mass is 19.1. The second kappa shape index (κ2) is 8.61. The molecule has 2 aliphatic heterocycles. The second-order valence-electron chi connectivity index (χ2n) is 7.50. The van der Waals surface area contributed by atoms with Gasteiger partial charge in [0.05, 0.1) is 13.2 Å². The molecule has 3 amide bonds. The molecule has 0 spiro atoms. The lowest BCUT2D eigenvalue weighted by Gasteiger charge is -2.36. The fraction of sp³-hybridized carbons (Fsp3) is 0.364. The van der Waals surface area contributed by atoms with Crippen molar-refractivity contribution in [2.75, 3.05) is 49.6 Å². The van der Waals surface area contributed by atoms with Crippen LogP contribution in [-0.2, 0) is 4.79 Å². The molecular weight excluding hydrogens is 387 g/mol. The van der Waals surface area contributed by atoms with E-state index in [-0.39, 0.29) is 30.2 Å². The van der Waals surface area contributed by atoms with E-state index in [1.807, 2.05) is 24.3 Å². The zero-order valence-electron chi connectivity index (χ0n) is 16.9. The lowest BCUT2D eigenvalue weighted by molar-refractivity contribution is -0.117. The van der Waals surface area contributed by atoms with Crippen LogP contribution in [-0.4, -0.2) is 62.7 Å². The molecular formula is C22H25FN4O3. The largest absolute Gasteiger partial charge is 0.497 e. The van der Waals surface area contributed by atoms with Crippen LogP contribution in [0.15, 0.2) is 48.5 Å². The van der Waals surface area contributed by atoms with Gasteiger partial charge in [-0.1, -0.05) is 0 Å². The predicted octanol–water partition coefficient (Wildman–Crippen LogP) is 2.47. The number of rotatable bonds is 4. The molecule has 2 fully saturated rings. The number of hydrogen-bond donors (Lipinski definition) is 1. The standard InChI is InChI=1S/C22H25FN4O3/c1-30-20-8-6-18(7-9-20)25-10-12-26(13-11-25)22(29)24-17-14-21(28)27(15-17)19-4-2-16(23)3-5-19/h2-9,17H,10-15H2,1H3,(H,24,29)/t17-/m1/s1. The number of carbonyl (C=O) groups is 2. The highest BCUT2D eigenvalue weighted by molar-refractivity contribution is 5.96. The average molecular weight is 412 g/mol. The van der Waals surface area contributed by atoms with Crippen molar-refractivity contribution < 1.29 is 18.7 Å². The SMILES string of the molecule is COc1ccc(N2CCN(C(=O)N[C@@H]3CC(=O)N(c4ccc(F)cc4)C3)CC2)cc1. The molecule has 2 aromatic rings. The third kappa shape index (κ3) is 4.32.